The minimum Gasteiger partial charge on any atom is -0.481 e. The number of hydrogen-bond donors (Lipinski definition) is 1. The first-order chi connectivity index (χ1) is 6.79. The van der Waals surface area contributed by atoms with Crippen molar-refractivity contribution in [1.82, 2.24) is 5.32 Å². The third kappa shape index (κ3) is 2.04. The standard InChI is InChI=1S/C11H15NOS/c1-8(12-2)5-9-3-4-10-11(6-9)14-7-13-10/h3-4,6,8,12H,5,7H2,1-2H3. The summed E-state index contributed by atoms with van der Waals surface area (Å²) in [7, 11) is 2.00. The molecule has 1 unspecified atom stereocenters. The average Bonchev–Trinajstić information content (AvgIpc) is 2.64. The average molecular weight is 209 g/mol. The van der Waals surface area contributed by atoms with E-state index >= 15 is 0 Å². The molecule has 1 heterocycles. The van der Waals surface area contributed by atoms with Crippen molar-refractivity contribution in [3.8, 4) is 5.75 Å². The molecule has 0 bridgehead atoms. The van der Waals surface area contributed by atoms with Crippen LogP contribution in [0.15, 0.2) is 23.1 Å². The van der Waals surface area contributed by atoms with Crippen molar-refractivity contribution in [2.45, 2.75) is 24.3 Å². The molecule has 1 aliphatic rings. The summed E-state index contributed by atoms with van der Waals surface area (Å²) in [4.78, 5) is 1.28. The molecule has 0 aliphatic carbocycles. The van der Waals surface area contributed by atoms with E-state index in [1.807, 2.05) is 7.05 Å². The lowest BCUT2D eigenvalue weighted by atomic mass is 10.1. The molecule has 14 heavy (non-hydrogen) atoms. The maximum absolute atomic E-state index is 5.43. The number of rotatable bonds is 3. The van der Waals surface area contributed by atoms with Crippen molar-refractivity contribution >= 4 is 11.8 Å². The van der Waals surface area contributed by atoms with Crippen molar-refractivity contribution < 1.29 is 4.74 Å². The molecule has 2 nitrogen and oxygen atoms in total. The van der Waals surface area contributed by atoms with E-state index in [-0.39, 0.29) is 0 Å². The smallest absolute Gasteiger partial charge is 0.138 e. The van der Waals surface area contributed by atoms with Crippen LogP contribution in [0.4, 0.5) is 0 Å². The molecule has 1 aromatic rings. The van der Waals surface area contributed by atoms with Gasteiger partial charge in [-0.15, -0.1) is 0 Å². The maximum Gasteiger partial charge on any atom is 0.138 e. The summed E-state index contributed by atoms with van der Waals surface area (Å²) in [6.07, 6.45) is 1.07. The van der Waals surface area contributed by atoms with Gasteiger partial charge in [-0.2, -0.15) is 0 Å². The quantitative estimate of drug-likeness (QED) is 0.825. The molecule has 1 aromatic carbocycles. The van der Waals surface area contributed by atoms with E-state index in [1.165, 1.54) is 10.5 Å². The zero-order chi connectivity index (χ0) is 9.97. The fourth-order valence-corrected chi connectivity index (χ4v) is 2.34. The van der Waals surface area contributed by atoms with Gasteiger partial charge in [-0.05, 0) is 38.1 Å². The Morgan fingerprint density at radius 1 is 1.57 bits per heavy atom. The lowest BCUT2D eigenvalue weighted by Gasteiger charge is -2.10. The predicted octanol–water partition coefficient (Wildman–Crippen LogP) is 2.28. The molecule has 3 heteroatoms. The Morgan fingerprint density at radius 2 is 2.43 bits per heavy atom. The van der Waals surface area contributed by atoms with Crippen molar-refractivity contribution in [2.24, 2.45) is 0 Å². The Morgan fingerprint density at radius 3 is 3.21 bits per heavy atom. The van der Waals surface area contributed by atoms with E-state index in [4.69, 9.17) is 4.74 Å². The van der Waals surface area contributed by atoms with Gasteiger partial charge in [0.05, 0.1) is 4.90 Å². The Balaban J connectivity index is 2.12. The van der Waals surface area contributed by atoms with Gasteiger partial charge in [0, 0.05) is 6.04 Å². The van der Waals surface area contributed by atoms with E-state index < -0.39 is 0 Å². The van der Waals surface area contributed by atoms with Crippen LogP contribution in [0.5, 0.6) is 5.75 Å². The van der Waals surface area contributed by atoms with Crippen LogP contribution in [-0.2, 0) is 6.42 Å². The largest absolute Gasteiger partial charge is 0.481 e. The van der Waals surface area contributed by atoms with Gasteiger partial charge in [-0.1, -0.05) is 17.8 Å². The molecule has 0 spiro atoms. The van der Waals surface area contributed by atoms with E-state index in [9.17, 15) is 0 Å². The van der Waals surface area contributed by atoms with Crippen LogP contribution >= 0.6 is 11.8 Å². The van der Waals surface area contributed by atoms with E-state index in [2.05, 4.69) is 30.4 Å². The van der Waals surface area contributed by atoms with E-state index in [1.54, 1.807) is 11.8 Å². The Labute approximate surface area is 89.0 Å². The molecule has 1 N–H and O–H groups in total. The van der Waals surface area contributed by atoms with Gasteiger partial charge in [0.1, 0.15) is 11.7 Å². The lowest BCUT2D eigenvalue weighted by molar-refractivity contribution is 0.397. The molecule has 0 saturated heterocycles. The first-order valence-corrected chi connectivity index (χ1v) is 5.84. The van der Waals surface area contributed by atoms with Crippen molar-refractivity contribution in [2.75, 3.05) is 13.0 Å². The lowest BCUT2D eigenvalue weighted by Crippen LogP contribution is -2.23. The zero-order valence-electron chi connectivity index (χ0n) is 8.54. The second-order valence-corrected chi connectivity index (χ2v) is 4.55. The summed E-state index contributed by atoms with van der Waals surface area (Å²) in [6.45, 7) is 2.19. The van der Waals surface area contributed by atoms with Gasteiger partial charge in [-0.25, -0.2) is 0 Å². The third-order valence-corrected chi connectivity index (χ3v) is 3.34. The van der Waals surface area contributed by atoms with E-state index in [0.717, 1.165) is 18.1 Å². The van der Waals surface area contributed by atoms with Crippen LogP contribution in [0.2, 0.25) is 0 Å². The van der Waals surface area contributed by atoms with Gasteiger partial charge in [0.25, 0.3) is 0 Å². The molecule has 76 valence electrons. The Hall–Kier alpha value is -0.670. The SMILES string of the molecule is CNC(C)Cc1ccc2c(c1)SCO2. The summed E-state index contributed by atoms with van der Waals surface area (Å²) >= 11 is 1.77. The van der Waals surface area contributed by atoms with Gasteiger partial charge in [-0.3, -0.25) is 0 Å². The number of nitrogens with one attached hydrogen (secondary N) is 1. The number of ether oxygens (including phenoxy) is 1. The van der Waals surface area contributed by atoms with Gasteiger partial charge < -0.3 is 10.1 Å². The van der Waals surface area contributed by atoms with Gasteiger partial charge in [0.15, 0.2) is 0 Å². The number of benzene rings is 1. The third-order valence-electron chi connectivity index (χ3n) is 2.47. The minimum atomic E-state index is 0.528. The topological polar surface area (TPSA) is 21.3 Å². The normalized spacial score (nSPS) is 16.1. The highest BCUT2D eigenvalue weighted by molar-refractivity contribution is 7.99. The highest BCUT2D eigenvalue weighted by atomic mass is 32.2. The van der Waals surface area contributed by atoms with E-state index in [0.29, 0.717) is 6.04 Å². The number of thioether (sulfide) groups is 1. The summed E-state index contributed by atoms with van der Waals surface area (Å²) in [6, 6.07) is 6.99. The second-order valence-electron chi connectivity index (χ2n) is 3.58. The highest BCUT2D eigenvalue weighted by Gasteiger charge is 2.13. The maximum atomic E-state index is 5.43. The molecular formula is C11H15NOS. The number of fused-ring (bicyclic) bond motifs is 1. The molecule has 0 radical (unpaired) electrons. The summed E-state index contributed by atoms with van der Waals surface area (Å²) in [5.74, 6) is 1.80. The molecule has 0 fully saturated rings. The number of likely N-dealkylation sites (N-methyl/N-ethyl adjacent to an activating group) is 1. The molecule has 0 saturated carbocycles. The monoisotopic (exact) mass is 209 g/mol. The van der Waals surface area contributed by atoms with Crippen molar-refractivity contribution in [1.29, 1.82) is 0 Å². The summed E-state index contributed by atoms with van der Waals surface area (Å²) in [5.41, 5.74) is 1.38. The van der Waals surface area contributed by atoms with Gasteiger partial charge >= 0.3 is 0 Å². The molecule has 1 atom stereocenters. The fraction of sp³-hybridized carbons (Fsp3) is 0.455. The van der Waals surface area contributed by atoms with Crippen LogP contribution in [0.3, 0.4) is 0 Å². The van der Waals surface area contributed by atoms with Crippen LogP contribution in [0, 0.1) is 0 Å². The molecule has 0 amide bonds. The molecule has 0 aromatic heterocycles. The van der Waals surface area contributed by atoms with Crippen LogP contribution in [-0.4, -0.2) is 19.0 Å². The highest BCUT2D eigenvalue weighted by Crippen LogP contribution is 2.36. The Bertz CT molecular complexity index is 327. The second kappa shape index (κ2) is 4.24. The Kier molecular flexibility index (Phi) is 2.99. The van der Waals surface area contributed by atoms with Crippen molar-refractivity contribution in [3.05, 3.63) is 23.8 Å². The first-order valence-electron chi connectivity index (χ1n) is 4.85. The fourth-order valence-electron chi connectivity index (χ4n) is 1.52. The molecular weight excluding hydrogens is 194 g/mol. The summed E-state index contributed by atoms with van der Waals surface area (Å²) in [5, 5.41) is 3.24. The van der Waals surface area contributed by atoms with Crippen LogP contribution in [0.25, 0.3) is 0 Å². The first kappa shape index (κ1) is 9.87. The zero-order valence-corrected chi connectivity index (χ0v) is 9.36. The van der Waals surface area contributed by atoms with Crippen molar-refractivity contribution in [3.63, 3.8) is 0 Å². The minimum absolute atomic E-state index is 0.528. The molecule has 1 aliphatic heterocycles. The molecule has 2 rings (SSSR count). The van der Waals surface area contributed by atoms with Crippen LogP contribution < -0.4 is 10.1 Å². The summed E-state index contributed by atoms with van der Waals surface area (Å²) < 4.78 is 5.43. The predicted molar refractivity (Wildman–Crippen MR) is 60.0 cm³/mol. The van der Waals surface area contributed by atoms with Gasteiger partial charge in [0.2, 0.25) is 0 Å². The number of hydrogen-bond acceptors (Lipinski definition) is 3. The van der Waals surface area contributed by atoms with Crippen LogP contribution in [0.1, 0.15) is 12.5 Å².